The number of benzene rings is 1. The molecule has 22 heavy (non-hydrogen) atoms. The molecule has 122 valence electrons. The van der Waals surface area contributed by atoms with Crippen molar-refractivity contribution in [3.05, 3.63) is 24.3 Å². The zero-order chi connectivity index (χ0) is 15.8. The van der Waals surface area contributed by atoms with Gasteiger partial charge in [-0.1, -0.05) is 25.7 Å². The topological polar surface area (TPSA) is 29.5 Å². The van der Waals surface area contributed by atoms with Crippen LogP contribution in [0.15, 0.2) is 29.2 Å². The van der Waals surface area contributed by atoms with Crippen LogP contribution in [0.4, 0.5) is 0 Å². The van der Waals surface area contributed by atoms with Crippen molar-refractivity contribution in [1.82, 2.24) is 4.90 Å². The molecule has 0 N–H and O–H groups in total. The molecular formula is C18H27NO2S. The van der Waals surface area contributed by atoms with Crippen molar-refractivity contribution in [2.24, 2.45) is 0 Å². The summed E-state index contributed by atoms with van der Waals surface area (Å²) in [7, 11) is 3.65. The van der Waals surface area contributed by atoms with Crippen LogP contribution in [0.5, 0.6) is 5.75 Å². The number of hydrogen-bond acceptors (Lipinski definition) is 3. The minimum absolute atomic E-state index is 0.285. The standard InChI is InChI=1S/C18H27NO2S/c1-19(15-7-5-3-4-6-8-15)18(20)13-14-22-17-11-9-16(21-2)10-12-17/h9-12,15H,3-8,13-14H2,1-2H3. The van der Waals surface area contributed by atoms with Crippen molar-refractivity contribution in [3.63, 3.8) is 0 Å². The third-order valence-corrected chi connectivity index (χ3v) is 5.42. The summed E-state index contributed by atoms with van der Waals surface area (Å²) >= 11 is 1.73. The quantitative estimate of drug-likeness (QED) is 0.576. The lowest BCUT2D eigenvalue weighted by atomic mass is 10.1. The predicted octanol–water partition coefficient (Wildman–Crippen LogP) is 4.36. The first kappa shape index (κ1) is 17.2. The molecule has 0 atom stereocenters. The molecule has 1 aromatic carbocycles. The molecule has 1 amide bonds. The van der Waals surface area contributed by atoms with E-state index in [1.165, 1.54) is 43.4 Å². The summed E-state index contributed by atoms with van der Waals surface area (Å²) in [6.07, 6.45) is 8.15. The third-order valence-electron chi connectivity index (χ3n) is 4.41. The molecule has 0 heterocycles. The fourth-order valence-corrected chi connectivity index (χ4v) is 3.79. The van der Waals surface area contributed by atoms with Gasteiger partial charge in [0.05, 0.1) is 7.11 Å². The van der Waals surface area contributed by atoms with Crippen LogP contribution in [0.1, 0.15) is 44.9 Å². The maximum Gasteiger partial charge on any atom is 0.223 e. The van der Waals surface area contributed by atoms with E-state index in [0.717, 1.165) is 11.5 Å². The van der Waals surface area contributed by atoms with Gasteiger partial charge in [0.15, 0.2) is 0 Å². The van der Waals surface area contributed by atoms with E-state index in [4.69, 9.17) is 4.74 Å². The molecule has 1 fully saturated rings. The van der Waals surface area contributed by atoms with Gasteiger partial charge in [-0.2, -0.15) is 0 Å². The molecule has 0 unspecified atom stereocenters. The Morgan fingerprint density at radius 1 is 1.18 bits per heavy atom. The predicted molar refractivity (Wildman–Crippen MR) is 92.6 cm³/mol. The van der Waals surface area contributed by atoms with Crippen LogP contribution in [0.3, 0.4) is 0 Å². The van der Waals surface area contributed by atoms with Gasteiger partial charge in [0.1, 0.15) is 5.75 Å². The van der Waals surface area contributed by atoms with Gasteiger partial charge in [-0.05, 0) is 37.1 Å². The minimum Gasteiger partial charge on any atom is -0.497 e. The first-order valence-electron chi connectivity index (χ1n) is 8.23. The molecule has 0 saturated heterocycles. The summed E-state index contributed by atoms with van der Waals surface area (Å²) in [4.78, 5) is 15.5. The Morgan fingerprint density at radius 2 is 1.82 bits per heavy atom. The van der Waals surface area contributed by atoms with E-state index in [9.17, 15) is 4.79 Å². The molecule has 0 radical (unpaired) electrons. The molecule has 3 nitrogen and oxygen atoms in total. The Bertz CT molecular complexity index is 453. The molecule has 0 bridgehead atoms. The van der Waals surface area contributed by atoms with E-state index in [2.05, 4.69) is 0 Å². The second-order valence-electron chi connectivity index (χ2n) is 5.92. The normalized spacial score (nSPS) is 16.1. The SMILES string of the molecule is COc1ccc(SCCC(=O)N(C)C2CCCCCC2)cc1. The second-order valence-corrected chi connectivity index (χ2v) is 7.09. The lowest BCUT2D eigenvalue weighted by molar-refractivity contribution is -0.131. The highest BCUT2D eigenvalue weighted by molar-refractivity contribution is 7.99. The van der Waals surface area contributed by atoms with E-state index in [1.54, 1.807) is 18.9 Å². The van der Waals surface area contributed by atoms with Crippen molar-refractivity contribution >= 4 is 17.7 Å². The number of rotatable bonds is 6. The monoisotopic (exact) mass is 321 g/mol. The first-order valence-corrected chi connectivity index (χ1v) is 9.22. The van der Waals surface area contributed by atoms with Crippen LogP contribution in [0.25, 0.3) is 0 Å². The average molecular weight is 321 g/mol. The van der Waals surface area contributed by atoms with E-state index in [0.29, 0.717) is 12.5 Å². The van der Waals surface area contributed by atoms with Crippen molar-refractivity contribution in [3.8, 4) is 5.75 Å². The summed E-state index contributed by atoms with van der Waals surface area (Å²) < 4.78 is 5.15. The Morgan fingerprint density at radius 3 is 2.41 bits per heavy atom. The van der Waals surface area contributed by atoms with Gasteiger partial charge in [0, 0.05) is 30.2 Å². The molecule has 2 rings (SSSR count). The summed E-state index contributed by atoms with van der Waals surface area (Å²) in [5, 5.41) is 0. The highest BCUT2D eigenvalue weighted by Gasteiger charge is 2.20. The van der Waals surface area contributed by atoms with Gasteiger partial charge >= 0.3 is 0 Å². The Kier molecular flexibility index (Phi) is 7.10. The van der Waals surface area contributed by atoms with E-state index in [1.807, 2.05) is 36.2 Å². The fraction of sp³-hybridized carbons (Fsp3) is 0.611. The highest BCUT2D eigenvalue weighted by Crippen LogP contribution is 2.24. The maximum absolute atomic E-state index is 12.3. The molecule has 0 spiro atoms. The van der Waals surface area contributed by atoms with E-state index < -0.39 is 0 Å². The summed E-state index contributed by atoms with van der Waals surface area (Å²) in [6.45, 7) is 0. The molecule has 4 heteroatoms. The molecule has 1 saturated carbocycles. The van der Waals surface area contributed by atoms with Crippen LogP contribution in [-0.4, -0.2) is 36.8 Å². The number of thioether (sulfide) groups is 1. The summed E-state index contributed by atoms with van der Waals surface area (Å²) in [5.74, 6) is 1.99. The molecule has 1 aliphatic rings. The third kappa shape index (κ3) is 5.24. The zero-order valence-corrected chi connectivity index (χ0v) is 14.5. The Balaban J connectivity index is 1.73. The van der Waals surface area contributed by atoms with Crippen LogP contribution in [-0.2, 0) is 4.79 Å². The molecule has 1 aliphatic carbocycles. The summed E-state index contributed by atoms with van der Waals surface area (Å²) in [6, 6.07) is 8.47. The number of ether oxygens (including phenoxy) is 1. The van der Waals surface area contributed by atoms with Crippen molar-refractivity contribution in [2.45, 2.75) is 55.9 Å². The number of methoxy groups -OCH3 is 1. The molecule has 1 aromatic rings. The van der Waals surface area contributed by atoms with Crippen LogP contribution >= 0.6 is 11.8 Å². The Labute approximate surface area is 138 Å². The van der Waals surface area contributed by atoms with Gasteiger partial charge in [0.25, 0.3) is 0 Å². The van der Waals surface area contributed by atoms with Crippen LogP contribution in [0.2, 0.25) is 0 Å². The number of carbonyl (C=O) groups excluding carboxylic acids is 1. The van der Waals surface area contributed by atoms with Crippen LogP contribution < -0.4 is 4.74 Å². The largest absolute Gasteiger partial charge is 0.497 e. The highest BCUT2D eigenvalue weighted by atomic mass is 32.2. The zero-order valence-electron chi connectivity index (χ0n) is 13.7. The van der Waals surface area contributed by atoms with Gasteiger partial charge in [-0.25, -0.2) is 0 Å². The van der Waals surface area contributed by atoms with Gasteiger partial charge < -0.3 is 9.64 Å². The molecule has 0 aromatic heterocycles. The average Bonchev–Trinajstić information content (AvgIpc) is 2.84. The second kappa shape index (κ2) is 9.09. The minimum atomic E-state index is 0.285. The van der Waals surface area contributed by atoms with E-state index >= 15 is 0 Å². The molecule has 0 aliphatic heterocycles. The first-order chi connectivity index (χ1) is 10.7. The van der Waals surface area contributed by atoms with Crippen molar-refractivity contribution in [2.75, 3.05) is 19.9 Å². The fourth-order valence-electron chi connectivity index (χ4n) is 2.95. The Hall–Kier alpha value is -1.16. The van der Waals surface area contributed by atoms with Crippen molar-refractivity contribution < 1.29 is 9.53 Å². The number of hydrogen-bond donors (Lipinski definition) is 0. The maximum atomic E-state index is 12.3. The van der Waals surface area contributed by atoms with Gasteiger partial charge in [0.2, 0.25) is 5.91 Å². The lowest BCUT2D eigenvalue weighted by Crippen LogP contribution is -2.36. The smallest absolute Gasteiger partial charge is 0.223 e. The number of carbonyl (C=O) groups is 1. The number of nitrogens with zero attached hydrogens (tertiary/aromatic N) is 1. The lowest BCUT2D eigenvalue weighted by Gasteiger charge is -2.27. The van der Waals surface area contributed by atoms with Crippen LogP contribution in [0, 0.1) is 0 Å². The van der Waals surface area contributed by atoms with E-state index in [-0.39, 0.29) is 5.91 Å². The summed E-state index contributed by atoms with van der Waals surface area (Å²) in [5.41, 5.74) is 0. The van der Waals surface area contributed by atoms with Gasteiger partial charge in [-0.15, -0.1) is 11.8 Å². The van der Waals surface area contributed by atoms with Crippen molar-refractivity contribution in [1.29, 1.82) is 0 Å². The van der Waals surface area contributed by atoms with Gasteiger partial charge in [-0.3, -0.25) is 4.79 Å². The number of amides is 1. The molecular weight excluding hydrogens is 294 g/mol.